The molecule has 0 bridgehead atoms. The van der Waals surface area contributed by atoms with E-state index in [-0.39, 0.29) is 24.0 Å². The SMILES string of the molecule is CN=C(NCc1nnc(C)n1C)NCC(c1cccs1)N1CCCC1.I. The predicted molar refractivity (Wildman–Crippen MR) is 117 cm³/mol. The van der Waals surface area contributed by atoms with Crippen LogP contribution in [0.2, 0.25) is 0 Å². The van der Waals surface area contributed by atoms with Gasteiger partial charge in [0, 0.05) is 25.5 Å². The van der Waals surface area contributed by atoms with Gasteiger partial charge in [-0.3, -0.25) is 9.89 Å². The second-order valence-corrected chi connectivity index (χ2v) is 7.28. The maximum atomic E-state index is 4.34. The van der Waals surface area contributed by atoms with Crippen molar-refractivity contribution in [3.8, 4) is 0 Å². The van der Waals surface area contributed by atoms with Crippen molar-refractivity contribution in [2.75, 3.05) is 26.7 Å². The van der Waals surface area contributed by atoms with Gasteiger partial charge in [0.05, 0.1) is 12.6 Å². The van der Waals surface area contributed by atoms with Gasteiger partial charge in [0.25, 0.3) is 0 Å². The van der Waals surface area contributed by atoms with Gasteiger partial charge >= 0.3 is 0 Å². The van der Waals surface area contributed by atoms with Gasteiger partial charge in [-0.15, -0.1) is 45.5 Å². The van der Waals surface area contributed by atoms with Gasteiger partial charge in [0.1, 0.15) is 5.82 Å². The van der Waals surface area contributed by atoms with E-state index in [2.05, 4.69) is 48.2 Å². The molecule has 3 rings (SSSR count). The van der Waals surface area contributed by atoms with E-state index in [9.17, 15) is 0 Å². The lowest BCUT2D eigenvalue weighted by Crippen LogP contribution is -2.42. The van der Waals surface area contributed by atoms with Crippen LogP contribution in [0.5, 0.6) is 0 Å². The first-order valence-electron chi connectivity index (χ1n) is 8.76. The Bertz CT molecular complexity index is 692. The summed E-state index contributed by atoms with van der Waals surface area (Å²) < 4.78 is 1.99. The molecule has 0 saturated carbocycles. The number of likely N-dealkylation sites (tertiary alicyclic amines) is 1. The highest BCUT2D eigenvalue weighted by Gasteiger charge is 2.24. The number of guanidine groups is 1. The van der Waals surface area contributed by atoms with E-state index in [4.69, 9.17) is 0 Å². The Morgan fingerprint density at radius 1 is 1.31 bits per heavy atom. The van der Waals surface area contributed by atoms with Crippen molar-refractivity contribution in [2.24, 2.45) is 12.0 Å². The first kappa shape index (κ1) is 21.1. The van der Waals surface area contributed by atoms with Gasteiger partial charge in [-0.05, 0) is 44.3 Å². The highest BCUT2D eigenvalue weighted by atomic mass is 127. The van der Waals surface area contributed by atoms with Crippen molar-refractivity contribution in [1.82, 2.24) is 30.3 Å². The summed E-state index contributed by atoms with van der Waals surface area (Å²) in [5, 5.41) is 17.2. The third-order valence-corrected chi connectivity index (χ3v) is 5.71. The molecule has 144 valence electrons. The van der Waals surface area contributed by atoms with Crippen LogP contribution < -0.4 is 10.6 Å². The van der Waals surface area contributed by atoms with Crippen LogP contribution >= 0.6 is 35.3 Å². The van der Waals surface area contributed by atoms with E-state index >= 15 is 0 Å². The summed E-state index contributed by atoms with van der Waals surface area (Å²) in [7, 11) is 3.77. The van der Waals surface area contributed by atoms with E-state index in [0.29, 0.717) is 12.6 Å². The molecule has 3 heterocycles. The van der Waals surface area contributed by atoms with Crippen LogP contribution in [-0.4, -0.2) is 52.3 Å². The molecule has 0 aliphatic carbocycles. The maximum absolute atomic E-state index is 4.34. The molecule has 1 atom stereocenters. The molecule has 1 saturated heterocycles. The summed E-state index contributed by atoms with van der Waals surface area (Å²) in [6.45, 7) is 5.75. The van der Waals surface area contributed by atoms with Crippen LogP contribution in [-0.2, 0) is 13.6 Å². The summed E-state index contributed by atoms with van der Waals surface area (Å²) in [5.41, 5.74) is 0. The summed E-state index contributed by atoms with van der Waals surface area (Å²) in [6.07, 6.45) is 2.58. The topological polar surface area (TPSA) is 70.4 Å². The highest BCUT2D eigenvalue weighted by Crippen LogP contribution is 2.27. The number of aryl methyl sites for hydroxylation is 1. The number of thiophene rings is 1. The van der Waals surface area contributed by atoms with Crippen LogP contribution in [0.25, 0.3) is 0 Å². The van der Waals surface area contributed by atoms with Crippen LogP contribution in [0.3, 0.4) is 0 Å². The summed E-state index contributed by atoms with van der Waals surface area (Å²) in [5.74, 6) is 2.60. The molecule has 1 aliphatic heterocycles. The van der Waals surface area contributed by atoms with Crippen LogP contribution in [0.4, 0.5) is 0 Å². The Kier molecular flexibility index (Phi) is 8.29. The van der Waals surface area contributed by atoms with Crippen LogP contribution in [0.1, 0.15) is 35.4 Å². The lowest BCUT2D eigenvalue weighted by atomic mass is 10.2. The van der Waals surface area contributed by atoms with Crippen LogP contribution in [0, 0.1) is 6.92 Å². The van der Waals surface area contributed by atoms with Gasteiger partial charge in [-0.2, -0.15) is 0 Å². The molecule has 2 aromatic heterocycles. The molecule has 2 N–H and O–H groups in total. The van der Waals surface area contributed by atoms with Gasteiger partial charge in [0.15, 0.2) is 11.8 Å². The zero-order chi connectivity index (χ0) is 17.6. The van der Waals surface area contributed by atoms with Crippen molar-refractivity contribution < 1.29 is 0 Å². The molecular weight excluding hydrogens is 461 g/mol. The average Bonchev–Trinajstić information content (AvgIpc) is 3.37. The molecule has 9 heteroatoms. The zero-order valence-electron chi connectivity index (χ0n) is 15.6. The number of hydrogen-bond acceptors (Lipinski definition) is 5. The van der Waals surface area contributed by atoms with Crippen molar-refractivity contribution in [3.63, 3.8) is 0 Å². The monoisotopic (exact) mass is 489 g/mol. The van der Waals surface area contributed by atoms with Crippen molar-refractivity contribution >= 4 is 41.3 Å². The summed E-state index contributed by atoms with van der Waals surface area (Å²) in [6, 6.07) is 4.76. The maximum Gasteiger partial charge on any atom is 0.191 e. The van der Waals surface area contributed by atoms with E-state index in [1.54, 1.807) is 7.05 Å². The molecule has 1 unspecified atom stereocenters. The highest BCUT2D eigenvalue weighted by molar-refractivity contribution is 14.0. The second kappa shape index (κ2) is 10.2. The Labute approximate surface area is 176 Å². The Hall–Kier alpha value is -1.20. The minimum Gasteiger partial charge on any atom is -0.354 e. The minimum absolute atomic E-state index is 0. The number of halogens is 1. The number of hydrogen-bond donors (Lipinski definition) is 2. The molecule has 0 spiro atoms. The fraction of sp³-hybridized carbons (Fsp3) is 0.588. The minimum atomic E-state index is 0. The number of aromatic nitrogens is 3. The van der Waals surface area contributed by atoms with Gasteiger partial charge in [-0.1, -0.05) is 6.07 Å². The van der Waals surface area contributed by atoms with E-state index < -0.39 is 0 Å². The molecule has 0 radical (unpaired) electrons. The number of rotatable bonds is 6. The quantitative estimate of drug-likeness (QED) is 0.370. The second-order valence-electron chi connectivity index (χ2n) is 6.30. The first-order valence-corrected chi connectivity index (χ1v) is 9.64. The van der Waals surface area contributed by atoms with E-state index in [1.807, 2.05) is 29.9 Å². The predicted octanol–water partition coefficient (Wildman–Crippen LogP) is 2.31. The Morgan fingerprint density at radius 2 is 2.08 bits per heavy atom. The normalized spacial score (nSPS) is 16.3. The molecular formula is C17H28IN7S. The largest absolute Gasteiger partial charge is 0.354 e. The molecule has 1 fully saturated rings. The van der Waals surface area contributed by atoms with Gasteiger partial charge in [-0.25, -0.2) is 0 Å². The van der Waals surface area contributed by atoms with Gasteiger partial charge < -0.3 is 15.2 Å². The summed E-state index contributed by atoms with van der Waals surface area (Å²) in [4.78, 5) is 8.32. The number of nitrogens with one attached hydrogen (secondary N) is 2. The summed E-state index contributed by atoms with van der Waals surface area (Å²) >= 11 is 1.83. The van der Waals surface area contributed by atoms with Crippen molar-refractivity contribution in [3.05, 3.63) is 34.0 Å². The van der Waals surface area contributed by atoms with E-state index in [0.717, 1.165) is 24.2 Å². The molecule has 1 aliphatic rings. The lowest BCUT2D eigenvalue weighted by molar-refractivity contribution is 0.249. The molecule has 26 heavy (non-hydrogen) atoms. The van der Waals surface area contributed by atoms with Gasteiger partial charge in [0.2, 0.25) is 0 Å². The fourth-order valence-corrected chi connectivity index (χ4v) is 3.99. The first-order chi connectivity index (χ1) is 12.2. The molecule has 7 nitrogen and oxygen atoms in total. The Balaban J connectivity index is 0.00000243. The van der Waals surface area contributed by atoms with Crippen molar-refractivity contribution in [2.45, 2.75) is 32.4 Å². The molecule has 2 aromatic rings. The zero-order valence-corrected chi connectivity index (χ0v) is 18.8. The Morgan fingerprint density at radius 3 is 2.65 bits per heavy atom. The number of nitrogens with zero attached hydrogens (tertiary/aromatic N) is 5. The average molecular weight is 489 g/mol. The third kappa shape index (κ3) is 5.17. The molecule has 0 amide bonds. The lowest BCUT2D eigenvalue weighted by Gasteiger charge is -2.27. The standard InChI is InChI=1S/C17H27N7S.HI/c1-13-21-22-16(23(13)3)12-20-17(18-2)19-11-14(15-7-6-10-25-15)24-8-4-5-9-24;/h6-7,10,14H,4-5,8-9,11-12H2,1-3H3,(H2,18,19,20);1H. The smallest absolute Gasteiger partial charge is 0.191 e. The molecule has 0 aromatic carbocycles. The third-order valence-electron chi connectivity index (χ3n) is 4.74. The fourth-order valence-electron chi connectivity index (χ4n) is 3.13. The van der Waals surface area contributed by atoms with Crippen LogP contribution in [0.15, 0.2) is 22.5 Å². The van der Waals surface area contributed by atoms with E-state index in [1.165, 1.54) is 30.8 Å². The number of aliphatic imine (C=N–C) groups is 1. The van der Waals surface area contributed by atoms with Crippen molar-refractivity contribution in [1.29, 1.82) is 0 Å².